The van der Waals surface area contributed by atoms with Crippen molar-refractivity contribution in [2.24, 2.45) is 0 Å². The highest BCUT2D eigenvalue weighted by Gasteiger charge is 2.32. The number of rotatable bonds is 4. The number of benzene rings is 1. The topological polar surface area (TPSA) is 94.9 Å². The van der Waals surface area contributed by atoms with E-state index < -0.39 is 21.8 Å². The highest BCUT2D eigenvalue weighted by Crippen LogP contribution is 2.22. The molecule has 2 N–H and O–H groups in total. The largest absolute Gasteiger partial charge is 0.508 e. The Labute approximate surface area is 117 Å². The maximum atomic E-state index is 11.6. The number of carboxylic acids is 1. The van der Waals surface area contributed by atoms with Gasteiger partial charge < -0.3 is 10.2 Å². The van der Waals surface area contributed by atoms with Crippen LogP contribution in [0, 0.1) is 0 Å². The molecule has 1 unspecified atom stereocenters. The summed E-state index contributed by atoms with van der Waals surface area (Å²) in [5.74, 6) is -1.01. The van der Waals surface area contributed by atoms with Crippen LogP contribution in [0.5, 0.6) is 5.75 Å². The molecule has 1 saturated heterocycles. The second kappa shape index (κ2) is 5.80. The van der Waals surface area contributed by atoms with Gasteiger partial charge in [-0.2, -0.15) is 0 Å². The molecule has 1 atom stereocenters. The van der Waals surface area contributed by atoms with E-state index in [0.717, 1.165) is 0 Å². The normalized spacial score (nSPS) is 22.5. The van der Waals surface area contributed by atoms with Crippen molar-refractivity contribution in [3.05, 3.63) is 29.8 Å². The molecule has 1 fully saturated rings. The lowest BCUT2D eigenvalue weighted by atomic mass is 10.1. The summed E-state index contributed by atoms with van der Waals surface area (Å²) in [6.45, 7) is 0.634. The molecule has 0 saturated carbocycles. The maximum Gasteiger partial charge on any atom is 0.304 e. The Kier molecular flexibility index (Phi) is 4.29. The van der Waals surface area contributed by atoms with E-state index in [-0.39, 0.29) is 30.2 Å². The molecule has 0 aliphatic carbocycles. The van der Waals surface area contributed by atoms with Crippen LogP contribution in [0.2, 0.25) is 0 Å². The van der Waals surface area contributed by atoms with Gasteiger partial charge >= 0.3 is 5.97 Å². The van der Waals surface area contributed by atoms with Crippen LogP contribution in [0.25, 0.3) is 0 Å². The van der Waals surface area contributed by atoms with Crippen molar-refractivity contribution in [1.82, 2.24) is 4.90 Å². The zero-order valence-electron chi connectivity index (χ0n) is 10.9. The molecular formula is C13H17NO5S. The summed E-state index contributed by atoms with van der Waals surface area (Å²) in [5.41, 5.74) is 0.669. The SMILES string of the molecule is O=C(O)CC1CS(=O)(=O)CCN1Cc1ccccc1O. The lowest BCUT2D eigenvalue weighted by Gasteiger charge is -2.34. The molecule has 6 nitrogen and oxygen atoms in total. The Morgan fingerprint density at radius 1 is 1.35 bits per heavy atom. The van der Waals surface area contributed by atoms with Crippen molar-refractivity contribution < 1.29 is 23.4 Å². The first-order valence-corrected chi connectivity index (χ1v) is 8.12. The van der Waals surface area contributed by atoms with E-state index in [2.05, 4.69) is 0 Å². The van der Waals surface area contributed by atoms with Gasteiger partial charge in [-0.15, -0.1) is 0 Å². The van der Waals surface area contributed by atoms with E-state index in [9.17, 15) is 18.3 Å². The van der Waals surface area contributed by atoms with Gasteiger partial charge in [-0.05, 0) is 6.07 Å². The molecule has 1 aliphatic rings. The minimum Gasteiger partial charge on any atom is -0.508 e. The van der Waals surface area contributed by atoms with E-state index in [0.29, 0.717) is 12.1 Å². The van der Waals surface area contributed by atoms with E-state index in [1.165, 1.54) is 0 Å². The van der Waals surface area contributed by atoms with Crippen LogP contribution in [0.15, 0.2) is 24.3 Å². The third kappa shape index (κ3) is 3.71. The highest BCUT2D eigenvalue weighted by atomic mass is 32.2. The number of carbonyl (C=O) groups is 1. The molecule has 2 rings (SSSR count). The summed E-state index contributed by atoms with van der Waals surface area (Å²) in [6, 6.07) is 6.24. The van der Waals surface area contributed by atoms with Crippen molar-refractivity contribution in [2.45, 2.75) is 19.0 Å². The standard InChI is InChI=1S/C13H17NO5S/c15-12-4-2-1-3-10(12)8-14-5-6-20(18,19)9-11(14)7-13(16)17/h1-4,11,15H,5-9H2,(H,16,17). The minimum absolute atomic E-state index is 0.0245. The van der Waals surface area contributed by atoms with Gasteiger partial charge in [0, 0.05) is 24.7 Å². The Morgan fingerprint density at radius 2 is 2.05 bits per heavy atom. The number of phenolic OH excluding ortho intramolecular Hbond substituents is 1. The summed E-state index contributed by atoms with van der Waals surface area (Å²) in [7, 11) is -3.18. The quantitative estimate of drug-likeness (QED) is 0.839. The lowest BCUT2D eigenvalue weighted by Crippen LogP contribution is -2.48. The number of aliphatic carboxylic acids is 1. The van der Waals surface area contributed by atoms with E-state index >= 15 is 0 Å². The third-order valence-corrected chi connectivity index (χ3v) is 5.12. The fourth-order valence-electron chi connectivity index (χ4n) is 2.38. The van der Waals surface area contributed by atoms with Crippen LogP contribution >= 0.6 is 0 Å². The van der Waals surface area contributed by atoms with E-state index in [4.69, 9.17) is 5.11 Å². The summed E-state index contributed by atoms with van der Waals surface area (Å²) in [6.07, 6.45) is -0.215. The molecule has 1 aromatic carbocycles. The van der Waals surface area contributed by atoms with Crippen LogP contribution in [-0.2, 0) is 21.2 Å². The number of aromatic hydroxyl groups is 1. The van der Waals surface area contributed by atoms with Crippen molar-refractivity contribution in [3.8, 4) is 5.75 Å². The smallest absolute Gasteiger partial charge is 0.304 e. The second-order valence-corrected chi connectivity index (χ2v) is 7.19. The molecule has 110 valence electrons. The first-order chi connectivity index (χ1) is 9.37. The Morgan fingerprint density at radius 3 is 2.70 bits per heavy atom. The predicted octanol–water partition coefficient (Wildman–Crippen LogP) is 0.466. The van der Waals surface area contributed by atoms with Crippen LogP contribution in [0.3, 0.4) is 0 Å². The average molecular weight is 299 g/mol. The number of hydrogen-bond acceptors (Lipinski definition) is 5. The van der Waals surface area contributed by atoms with Crippen LogP contribution < -0.4 is 0 Å². The fraction of sp³-hybridized carbons (Fsp3) is 0.462. The molecule has 1 aliphatic heterocycles. The number of nitrogens with zero attached hydrogens (tertiary/aromatic N) is 1. The van der Waals surface area contributed by atoms with Crippen molar-refractivity contribution in [3.63, 3.8) is 0 Å². The number of carboxylic acid groups (broad SMARTS) is 1. The van der Waals surface area contributed by atoms with Gasteiger partial charge in [0.25, 0.3) is 0 Å². The summed E-state index contributed by atoms with van der Waals surface area (Å²) >= 11 is 0. The number of para-hydroxylation sites is 1. The molecular weight excluding hydrogens is 282 g/mol. The molecule has 0 amide bonds. The molecule has 0 bridgehead atoms. The number of phenols is 1. The Balaban J connectivity index is 2.16. The Hall–Kier alpha value is -1.60. The fourth-order valence-corrected chi connectivity index (χ4v) is 3.98. The molecule has 0 radical (unpaired) electrons. The van der Waals surface area contributed by atoms with Crippen LogP contribution in [0.1, 0.15) is 12.0 Å². The van der Waals surface area contributed by atoms with Gasteiger partial charge in [0.15, 0.2) is 9.84 Å². The molecule has 7 heteroatoms. The summed E-state index contributed by atoms with van der Waals surface area (Å²) < 4.78 is 23.3. The predicted molar refractivity (Wildman–Crippen MR) is 73.2 cm³/mol. The zero-order chi connectivity index (χ0) is 14.8. The zero-order valence-corrected chi connectivity index (χ0v) is 11.7. The number of hydrogen-bond donors (Lipinski definition) is 2. The minimum atomic E-state index is -3.18. The third-order valence-electron chi connectivity index (χ3n) is 3.43. The van der Waals surface area contributed by atoms with E-state index in [1.54, 1.807) is 24.3 Å². The summed E-state index contributed by atoms with van der Waals surface area (Å²) in [5, 5.41) is 18.7. The van der Waals surface area contributed by atoms with Crippen LogP contribution in [-0.4, -0.2) is 53.6 Å². The monoisotopic (exact) mass is 299 g/mol. The van der Waals surface area contributed by atoms with Gasteiger partial charge in [0.05, 0.1) is 17.9 Å². The van der Waals surface area contributed by atoms with Gasteiger partial charge in [0.1, 0.15) is 5.75 Å². The molecule has 1 heterocycles. The molecule has 0 aromatic heterocycles. The average Bonchev–Trinajstić information content (AvgIpc) is 2.34. The van der Waals surface area contributed by atoms with Gasteiger partial charge in [-0.25, -0.2) is 8.42 Å². The van der Waals surface area contributed by atoms with Crippen molar-refractivity contribution in [2.75, 3.05) is 18.1 Å². The highest BCUT2D eigenvalue weighted by molar-refractivity contribution is 7.91. The summed E-state index contributed by atoms with van der Waals surface area (Å²) in [4.78, 5) is 12.7. The van der Waals surface area contributed by atoms with Crippen LogP contribution in [0.4, 0.5) is 0 Å². The first kappa shape index (κ1) is 14.8. The van der Waals surface area contributed by atoms with Gasteiger partial charge in [-0.3, -0.25) is 9.69 Å². The maximum absolute atomic E-state index is 11.6. The second-order valence-electron chi connectivity index (χ2n) is 4.97. The van der Waals surface area contributed by atoms with Gasteiger partial charge in [0.2, 0.25) is 0 Å². The molecule has 0 spiro atoms. The first-order valence-electron chi connectivity index (χ1n) is 6.30. The molecule has 20 heavy (non-hydrogen) atoms. The van der Waals surface area contributed by atoms with E-state index in [1.807, 2.05) is 4.90 Å². The van der Waals surface area contributed by atoms with Crippen molar-refractivity contribution >= 4 is 15.8 Å². The molecule has 1 aromatic rings. The van der Waals surface area contributed by atoms with Crippen molar-refractivity contribution in [1.29, 1.82) is 0 Å². The number of sulfone groups is 1. The lowest BCUT2D eigenvalue weighted by molar-refractivity contribution is -0.138. The Bertz CT molecular complexity index is 599. The van der Waals surface area contributed by atoms with Gasteiger partial charge in [-0.1, -0.05) is 18.2 Å².